The SMILES string of the molecule is Cc1ccc2c(c1)C(n1c(-c3nonc3SCCNC(=O)OC(C)(C)C)noc1=O)C2. The van der Waals surface area contributed by atoms with Crippen molar-refractivity contribution in [3.8, 4) is 11.5 Å². The summed E-state index contributed by atoms with van der Waals surface area (Å²) in [5, 5.41) is 14.9. The van der Waals surface area contributed by atoms with E-state index in [1.807, 2.05) is 13.0 Å². The minimum absolute atomic E-state index is 0.174. The number of amides is 1. The summed E-state index contributed by atoms with van der Waals surface area (Å²) < 4.78 is 16.5. The second kappa shape index (κ2) is 8.22. The number of aryl methyl sites for hydroxylation is 1. The van der Waals surface area contributed by atoms with Gasteiger partial charge in [0, 0.05) is 12.3 Å². The number of alkyl carbamates (subject to hydrolysis) is 1. The van der Waals surface area contributed by atoms with Crippen LogP contribution >= 0.6 is 11.8 Å². The van der Waals surface area contributed by atoms with Crippen molar-refractivity contribution in [3.05, 3.63) is 45.4 Å². The molecule has 10 nitrogen and oxygen atoms in total. The molecule has 0 radical (unpaired) electrons. The van der Waals surface area contributed by atoms with Crippen LogP contribution in [0.15, 0.2) is 37.2 Å². The van der Waals surface area contributed by atoms with Crippen LogP contribution in [0.4, 0.5) is 4.79 Å². The maximum atomic E-state index is 12.4. The number of hydrogen-bond donors (Lipinski definition) is 1. The molecule has 11 heteroatoms. The first kappa shape index (κ1) is 21.2. The van der Waals surface area contributed by atoms with E-state index in [0.29, 0.717) is 29.4 Å². The molecule has 1 amide bonds. The number of carbonyl (C=O) groups is 1. The molecule has 0 aliphatic heterocycles. The topological polar surface area (TPSA) is 125 Å². The fourth-order valence-electron chi connectivity index (χ4n) is 3.34. The third-order valence-electron chi connectivity index (χ3n) is 4.70. The standard InChI is InChI=1S/C20H23N5O5S/c1-11-5-6-12-10-14(13(12)9-11)25-16(23-29-19(25)27)15-17(24-30-22-15)31-8-7-21-18(26)28-20(2,3)4/h5-6,9,14H,7-8,10H2,1-4H3,(H,21,26). The lowest BCUT2D eigenvalue weighted by Crippen LogP contribution is -2.33. The Morgan fingerprint density at radius 1 is 1.32 bits per heavy atom. The van der Waals surface area contributed by atoms with E-state index in [1.54, 1.807) is 20.8 Å². The van der Waals surface area contributed by atoms with Crippen LogP contribution in [0.3, 0.4) is 0 Å². The van der Waals surface area contributed by atoms with E-state index in [-0.39, 0.29) is 11.9 Å². The Morgan fingerprint density at radius 2 is 2.13 bits per heavy atom. The van der Waals surface area contributed by atoms with Gasteiger partial charge in [0.2, 0.25) is 5.82 Å². The monoisotopic (exact) mass is 445 g/mol. The van der Waals surface area contributed by atoms with Gasteiger partial charge < -0.3 is 10.1 Å². The molecule has 164 valence electrons. The molecule has 4 rings (SSSR count). The van der Waals surface area contributed by atoms with E-state index in [2.05, 4.69) is 32.9 Å². The quantitative estimate of drug-likeness (QED) is 0.450. The lowest BCUT2D eigenvalue weighted by atomic mass is 9.82. The molecule has 1 aromatic carbocycles. The van der Waals surface area contributed by atoms with E-state index < -0.39 is 17.5 Å². The number of carbonyl (C=O) groups excluding carboxylic acids is 1. The number of hydrogen-bond acceptors (Lipinski definition) is 9. The van der Waals surface area contributed by atoms with Gasteiger partial charge in [-0.1, -0.05) is 40.7 Å². The highest BCUT2D eigenvalue weighted by Gasteiger charge is 2.34. The van der Waals surface area contributed by atoms with Crippen molar-refractivity contribution in [1.29, 1.82) is 0 Å². The number of fused-ring (bicyclic) bond motifs is 1. The molecule has 1 aliphatic carbocycles. The molecule has 0 spiro atoms. The summed E-state index contributed by atoms with van der Waals surface area (Å²) in [6, 6.07) is 6.00. The van der Waals surface area contributed by atoms with Gasteiger partial charge in [0.15, 0.2) is 10.7 Å². The number of ether oxygens (including phenoxy) is 1. The van der Waals surface area contributed by atoms with Crippen LogP contribution in [0.5, 0.6) is 0 Å². The van der Waals surface area contributed by atoms with Crippen molar-refractivity contribution < 1.29 is 18.7 Å². The minimum Gasteiger partial charge on any atom is -0.444 e. The van der Waals surface area contributed by atoms with Crippen molar-refractivity contribution in [2.45, 2.75) is 50.8 Å². The maximum Gasteiger partial charge on any atom is 0.442 e. The number of aromatic nitrogens is 4. The van der Waals surface area contributed by atoms with Gasteiger partial charge in [-0.3, -0.25) is 4.52 Å². The van der Waals surface area contributed by atoms with Crippen molar-refractivity contribution in [2.24, 2.45) is 0 Å². The summed E-state index contributed by atoms with van der Waals surface area (Å²) in [7, 11) is 0. The van der Waals surface area contributed by atoms with Gasteiger partial charge >= 0.3 is 11.8 Å². The largest absolute Gasteiger partial charge is 0.444 e. The highest BCUT2D eigenvalue weighted by molar-refractivity contribution is 7.99. The van der Waals surface area contributed by atoms with Crippen LogP contribution in [-0.2, 0) is 11.2 Å². The molecule has 31 heavy (non-hydrogen) atoms. The van der Waals surface area contributed by atoms with Crippen molar-refractivity contribution in [3.63, 3.8) is 0 Å². The third kappa shape index (κ3) is 4.50. The fourth-order valence-corrected chi connectivity index (χ4v) is 4.09. The lowest BCUT2D eigenvalue weighted by molar-refractivity contribution is 0.0531. The Hall–Kier alpha value is -3.08. The van der Waals surface area contributed by atoms with Crippen LogP contribution in [-0.4, -0.2) is 44.0 Å². The predicted octanol–water partition coefficient (Wildman–Crippen LogP) is 2.96. The van der Waals surface area contributed by atoms with Gasteiger partial charge in [-0.25, -0.2) is 18.8 Å². The van der Waals surface area contributed by atoms with Crippen LogP contribution in [0.1, 0.15) is 43.5 Å². The second-order valence-corrected chi connectivity index (χ2v) is 9.34. The number of thioether (sulfide) groups is 1. The van der Waals surface area contributed by atoms with Crippen molar-refractivity contribution >= 4 is 17.9 Å². The summed E-state index contributed by atoms with van der Waals surface area (Å²) in [5.41, 5.74) is 3.14. The summed E-state index contributed by atoms with van der Waals surface area (Å²) in [6.45, 7) is 7.76. The maximum absolute atomic E-state index is 12.4. The zero-order valence-corrected chi connectivity index (χ0v) is 18.5. The van der Waals surface area contributed by atoms with Gasteiger partial charge in [-0.15, -0.1) is 0 Å². The predicted molar refractivity (Wildman–Crippen MR) is 112 cm³/mol. The summed E-state index contributed by atoms with van der Waals surface area (Å²) in [6.07, 6.45) is 0.216. The Bertz CT molecular complexity index is 1160. The van der Waals surface area contributed by atoms with E-state index in [9.17, 15) is 9.59 Å². The Labute approximate surface area is 182 Å². The highest BCUT2D eigenvalue weighted by Crippen LogP contribution is 2.38. The first-order valence-electron chi connectivity index (χ1n) is 9.83. The number of benzene rings is 1. The molecule has 0 fully saturated rings. The Morgan fingerprint density at radius 3 is 2.90 bits per heavy atom. The smallest absolute Gasteiger partial charge is 0.442 e. The molecular weight excluding hydrogens is 422 g/mol. The van der Waals surface area contributed by atoms with E-state index in [4.69, 9.17) is 13.9 Å². The van der Waals surface area contributed by atoms with Crippen LogP contribution in [0, 0.1) is 6.92 Å². The molecule has 2 aromatic heterocycles. The van der Waals surface area contributed by atoms with Crippen molar-refractivity contribution in [2.75, 3.05) is 12.3 Å². The molecule has 1 atom stereocenters. The van der Waals surface area contributed by atoms with E-state index >= 15 is 0 Å². The van der Waals surface area contributed by atoms with Gasteiger partial charge in [0.1, 0.15) is 5.60 Å². The van der Waals surface area contributed by atoms with E-state index in [0.717, 1.165) is 11.1 Å². The normalized spacial score (nSPS) is 15.3. The zero-order chi connectivity index (χ0) is 22.2. The zero-order valence-electron chi connectivity index (χ0n) is 17.7. The Kier molecular flexibility index (Phi) is 5.61. The fraction of sp³-hybridized carbons (Fsp3) is 0.450. The van der Waals surface area contributed by atoms with Gasteiger partial charge in [-0.2, -0.15) is 0 Å². The molecule has 1 unspecified atom stereocenters. The third-order valence-corrected chi connectivity index (χ3v) is 5.65. The first-order chi connectivity index (χ1) is 14.7. The second-order valence-electron chi connectivity index (χ2n) is 8.26. The van der Waals surface area contributed by atoms with Gasteiger partial charge in [0.25, 0.3) is 0 Å². The van der Waals surface area contributed by atoms with Gasteiger partial charge in [-0.05, 0) is 55.6 Å². The average Bonchev–Trinajstić information content (AvgIpc) is 3.27. The van der Waals surface area contributed by atoms with Crippen molar-refractivity contribution in [1.82, 2.24) is 25.4 Å². The number of nitrogens with zero attached hydrogens (tertiary/aromatic N) is 4. The molecule has 1 N–H and O–H groups in total. The number of rotatable bonds is 6. The molecule has 2 heterocycles. The number of nitrogens with one attached hydrogen (secondary N) is 1. The van der Waals surface area contributed by atoms with Crippen LogP contribution < -0.4 is 11.1 Å². The summed E-state index contributed by atoms with van der Waals surface area (Å²) >= 11 is 1.32. The molecule has 1 aliphatic rings. The average molecular weight is 446 g/mol. The molecule has 0 bridgehead atoms. The Balaban J connectivity index is 1.46. The first-order valence-corrected chi connectivity index (χ1v) is 10.8. The molecular formula is C20H23N5O5S. The molecule has 3 aromatic rings. The summed E-state index contributed by atoms with van der Waals surface area (Å²) in [5.74, 6) is 0.206. The van der Waals surface area contributed by atoms with Crippen LogP contribution in [0.2, 0.25) is 0 Å². The molecule has 0 saturated carbocycles. The summed E-state index contributed by atoms with van der Waals surface area (Å²) in [4.78, 5) is 24.2. The lowest BCUT2D eigenvalue weighted by Gasteiger charge is -2.30. The van der Waals surface area contributed by atoms with Gasteiger partial charge in [0.05, 0.1) is 6.04 Å². The minimum atomic E-state index is -0.560. The van der Waals surface area contributed by atoms with E-state index in [1.165, 1.54) is 21.9 Å². The highest BCUT2D eigenvalue weighted by atomic mass is 32.2. The molecule has 0 saturated heterocycles. The van der Waals surface area contributed by atoms with Crippen LogP contribution in [0.25, 0.3) is 11.5 Å².